The first-order valence-corrected chi connectivity index (χ1v) is 7.76. The molecule has 0 aliphatic heterocycles. The molecule has 1 amide bonds. The molecule has 1 aliphatic rings. The van der Waals surface area contributed by atoms with Gasteiger partial charge in [0.2, 0.25) is 0 Å². The van der Waals surface area contributed by atoms with E-state index in [1.54, 1.807) is 23.6 Å². The lowest BCUT2D eigenvalue weighted by Crippen LogP contribution is -2.12. The number of carbonyl (C=O) groups excluding carboxylic acids is 1. The quantitative estimate of drug-likeness (QED) is 0.862. The van der Waals surface area contributed by atoms with Crippen LogP contribution in [0.1, 0.15) is 45.9 Å². The number of fused-ring (bicyclic) bond motifs is 1. The monoisotopic (exact) mass is 287 g/mol. The number of hydrogen-bond acceptors (Lipinski definition) is 4. The summed E-state index contributed by atoms with van der Waals surface area (Å²) in [4.78, 5) is 22.2. The van der Waals surface area contributed by atoms with Gasteiger partial charge < -0.3 is 0 Å². The fourth-order valence-electron chi connectivity index (χ4n) is 2.35. The predicted molar refractivity (Wildman–Crippen MR) is 80.3 cm³/mol. The third kappa shape index (κ3) is 2.88. The molecule has 104 valence electrons. The predicted octanol–water partition coefficient (Wildman–Crippen LogP) is 3.37. The summed E-state index contributed by atoms with van der Waals surface area (Å²) in [5.74, 6) is -0.138. The minimum Gasteiger partial charge on any atom is -0.298 e. The second kappa shape index (κ2) is 5.71. The smallest absolute Gasteiger partial charge is 0.259 e. The first-order valence-electron chi connectivity index (χ1n) is 6.95. The summed E-state index contributed by atoms with van der Waals surface area (Å²) in [5.41, 5.74) is 2.65. The van der Waals surface area contributed by atoms with Crippen LogP contribution in [0.3, 0.4) is 0 Å². The van der Waals surface area contributed by atoms with Crippen molar-refractivity contribution in [1.29, 1.82) is 0 Å². The third-order valence-corrected chi connectivity index (χ3v) is 4.56. The molecule has 0 unspecified atom stereocenters. The standard InChI is InChI=1S/C15H17N3OS/c1-10-7-8-11(9-16-10)14(19)18-15-17-12-5-3-2-4-6-13(12)20-15/h7-9H,2-6H2,1H3,(H,17,18,19). The second-order valence-corrected chi connectivity index (χ2v) is 6.18. The molecular formula is C15H17N3OS. The maximum Gasteiger partial charge on any atom is 0.259 e. The van der Waals surface area contributed by atoms with Crippen molar-refractivity contribution in [2.75, 3.05) is 5.32 Å². The molecule has 0 saturated carbocycles. The average molecular weight is 287 g/mol. The summed E-state index contributed by atoms with van der Waals surface area (Å²) in [6.45, 7) is 1.90. The van der Waals surface area contributed by atoms with Gasteiger partial charge in [-0.3, -0.25) is 15.1 Å². The molecule has 0 bridgehead atoms. The summed E-state index contributed by atoms with van der Waals surface area (Å²) >= 11 is 1.61. The van der Waals surface area contributed by atoms with E-state index in [1.807, 2.05) is 13.0 Å². The molecule has 5 heteroatoms. The average Bonchev–Trinajstić information content (AvgIpc) is 2.68. The first kappa shape index (κ1) is 13.2. The lowest BCUT2D eigenvalue weighted by molar-refractivity contribution is 0.102. The molecule has 0 spiro atoms. The number of hydrogen-bond donors (Lipinski definition) is 1. The van der Waals surface area contributed by atoms with Gasteiger partial charge in [0, 0.05) is 16.8 Å². The van der Waals surface area contributed by atoms with Gasteiger partial charge in [0.15, 0.2) is 5.13 Å². The number of rotatable bonds is 2. The fraction of sp³-hybridized carbons (Fsp3) is 0.400. The minimum absolute atomic E-state index is 0.138. The van der Waals surface area contributed by atoms with Gasteiger partial charge in [0.25, 0.3) is 5.91 Å². The summed E-state index contributed by atoms with van der Waals surface area (Å²) < 4.78 is 0. The van der Waals surface area contributed by atoms with Crippen LogP contribution >= 0.6 is 11.3 Å². The summed E-state index contributed by atoms with van der Waals surface area (Å²) in [7, 11) is 0. The lowest BCUT2D eigenvalue weighted by atomic mass is 10.2. The van der Waals surface area contributed by atoms with Crippen molar-refractivity contribution in [2.45, 2.75) is 39.0 Å². The SMILES string of the molecule is Cc1ccc(C(=O)Nc2nc3c(s2)CCCCC3)cn1. The molecule has 1 N–H and O–H groups in total. The molecule has 1 aliphatic carbocycles. The highest BCUT2D eigenvalue weighted by atomic mass is 32.1. The molecule has 2 aromatic rings. The molecule has 3 rings (SSSR count). The molecule has 2 aromatic heterocycles. The van der Waals surface area contributed by atoms with Gasteiger partial charge >= 0.3 is 0 Å². The zero-order valence-electron chi connectivity index (χ0n) is 11.5. The third-order valence-electron chi connectivity index (χ3n) is 3.49. The van der Waals surface area contributed by atoms with Gasteiger partial charge in [-0.15, -0.1) is 11.3 Å². The van der Waals surface area contributed by atoms with Gasteiger partial charge in [0.1, 0.15) is 0 Å². The van der Waals surface area contributed by atoms with E-state index in [-0.39, 0.29) is 5.91 Å². The van der Waals surface area contributed by atoms with Crippen LogP contribution in [-0.4, -0.2) is 15.9 Å². The number of amides is 1. The normalized spacial score (nSPS) is 14.4. The van der Waals surface area contributed by atoms with Crippen LogP contribution in [0.15, 0.2) is 18.3 Å². The van der Waals surface area contributed by atoms with E-state index in [4.69, 9.17) is 0 Å². The second-order valence-electron chi connectivity index (χ2n) is 5.09. The van der Waals surface area contributed by atoms with Gasteiger partial charge in [-0.1, -0.05) is 6.42 Å². The van der Waals surface area contributed by atoms with Crippen LogP contribution in [0, 0.1) is 6.92 Å². The molecule has 0 atom stereocenters. The Balaban J connectivity index is 1.74. The van der Waals surface area contributed by atoms with E-state index in [2.05, 4.69) is 15.3 Å². The van der Waals surface area contributed by atoms with Crippen molar-refractivity contribution in [3.8, 4) is 0 Å². The molecule has 2 heterocycles. The Hall–Kier alpha value is -1.75. The minimum atomic E-state index is -0.138. The van der Waals surface area contributed by atoms with E-state index < -0.39 is 0 Å². The van der Waals surface area contributed by atoms with Gasteiger partial charge in [0.05, 0.1) is 11.3 Å². The highest BCUT2D eigenvalue weighted by Gasteiger charge is 2.16. The molecule has 0 fully saturated rings. The summed E-state index contributed by atoms with van der Waals surface area (Å²) in [6.07, 6.45) is 7.43. The first-order chi connectivity index (χ1) is 9.72. The van der Waals surface area contributed by atoms with E-state index in [9.17, 15) is 4.79 Å². The van der Waals surface area contributed by atoms with Crippen molar-refractivity contribution in [3.05, 3.63) is 40.2 Å². The number of anilines is 1. The largest absolute Gasteiger partial charge is 0.298 e. The van der Waals surface area contributed by atoms with E-state index >= 15 is 0 Å². The highest BCUT2D eigenvalue weighted by molar-refractivity contribution is 7.15. The number of thiazole rings is 1. The maximum absolute atomic E-state index is 12.1. The molecule has 20 heavy (non-hydrogen) atoms. The Bertz CT molecular complexity index is 595. The van der Waals surface area contributed by atoms with Crippen LogP contribution in [0.5, 0.6) is 0 Å². The van der Waals surface area contributed by atoms with E-state index in [1.165, 1.54) is 29.8 Å². The Morgan fingerprint density at radius 3 is 2.90 bits per heavy atom. The number of aryl methyl sites for hydroxylation is 3. The topological polar surface area (TPSA) is 54.9 Å². The van der Waals surface area contributed by atoms with E-state index in [0.717, 1.165) is 18.5 Å². The van der Waals surface area contributed by atoms with Crippen LogP contribution in [0.25, 0.3) is 0 Å². The Morgan fingerprint density at radius 2 is 2.10 bits per heavy atom. The van der Waals surface area contributed by atoms with Crippen molar-refractivity contribution in [3.63, 3.8) is 0 Å². The fourth-order valence-corrected chi connectivity index (χ4v) is 3.40. The van der Waals surface area contributed by atoms with Crippen LogP contribution in [-0.2, 0) is 12.8 Å². The maximum atomic E-state index is 12.1. The molecular weight excluding hydrogens is 270 g/mol. The Kier molecular flexibility index (Phi) is 3.78. The van der Waals surface area contributed by atoms with E-state index in [0.29, 0.717) is 10.7 Å². The van der Waals surface area contributed by atoms with Gasteiger partial charge in [-0.05, 0) is 44.7 Å². The van der Waals surface area contributed by atoms with Crippen LogP contribution < -0.4 is 5.32 Å². The zero-order chi connectivity index (χ0) is 13.9. The lowest BCUT2D eigenvalue weighted by Gasteiger charge is -2.01. The molecule has 0 saturated heterocycles. The molecule has 0 radical (unpaired) electrons. The molecule has 0 aromatic carbocycles. The number of pyridine rings is 1. The van der Waals surface area contributed by atoms with Crippen molar-refractivity contribution >= 4 is 22.4 Å². The van der Waals surface area contributed by atoms with Crippen molar-refractivity contribution < 1.29 is 4.79 Å². The number of carbonyl (C=O) groups is 1. The zero-order valence-corrected chi connectivity index (χ0v) is 12.3. The Labute approximate surface area is 122 Å². The summed E-state index contributed by atoms with van der Waals surface area (Å²) in [6, 6.07) is 3.63. The number of aromatic nitrogens is 2. The van der Waals surface area contributed by atoms with Gasteiger partial charge in [-0.25, -0.2) is 4.98 Å². The van der Waals surface area contributed by atoms with Crippen LogP contribution in [0.4, 0.5) is 5.13 Å². The summed E-state index contributed by atoms with van der Waals surface area (Å²) in [5, 5.41) is 3.59. The number of nitrogens with one attached hydrogen (secondary N) is 1. The van der Waals surface area contributed by atoms with Crippen molar-refractivity contribution in [2.24, 2.45) is 0 Å². The van der Waals surface area contributed by atoms with Crippen molar-refractivity contribution in [1.82, 2.24) is 9.97 Å². The highest BCUT2D eigenvalue weighted by Crippen LogP contribution is 2.29. The number of nitrogens with zero attached hydrogens (tertiary/aromatic N) is 2. The molecule has 4 nitrogen and oxygen atoms in total. The van der Waals surface area contributed by atoms with Gasteiger partial charge in [-0.2, -0.15) is 0 Å². The van der Waals surface area contributed by atoms with Crippen LogP contribution in [0.2, 0.25) is 0 Å². The Morgan fingerprint density at radius 1 is 1.25 bits per heavy atom.